The molecule has 0 bridgehead atoms. The van der Waals surface area contributed by atoms with Crippen molar-refractivity contribution in [3.63, 3.8) is 0 Å². The average molecular weight is 241 g/mol. The maximum absolute atomic E-state index is 5.86. The molecule has 3 nitrogen and oxygen atoms in total. The summed E-state index contributed by atoms with van der Waals surface area (Å²) in [4.78, 5) is 2.33. The Morgan fingerprint density at radius 2 is 2.38 bits per heavy atom. The van der Waals surface area contributed by atoms with Crippen molar-refractivity contribution in [3.8, 4) is 5.75 Å². The fraction of sp³-hybridized carbons (Fsp3) is 0.500. The highest BCUT2D eigenvalue weighted by Gasteiger charge is 2.18. The molecule has 2 rings (SSSR count). The number of rotatable bonds is 4. The van der Waals surface area contributed by atoms with Crippen LogP contribution < -0.4 is 10.5 Å². The van der Waals surface area contributed by atoms with Gasteiger partial charge in [0, 0.05) is 24.2 Å². The molecule has 0 aromatic heterocycles. The third kappa shape index (κ3) is 3.37. The second-order valence-corrected chi connectivity index (χ2v) is 4.59. The minimum Gasteiger partial charge on any atom is -0.492 e. The van der Waals surface area contributed by atoms with Gasteiger partial charge < -0.3 is 10.5 Å². The monoisotopic (exact) mass is 240 g/mol. The molecule has 1 aliphatic heterocycles. The number of ether oxygens (including phenoxy) is 1. The van der Waals surface area contributed by atoms with Gasteiger partial charge in [-0.15, -0.1) is 0 Å². The number of hydrogen-bond acceptors (Lipinski definition) is 3. The number of hydrogen-bond donors (Lipinski definition) is 1. The van der Waals surface area contributed by atoms with E-state index in [1.807, 2.05) is 24.3 Å². The van der Waals surface area contributed by atoms with Crippen LogP contribution in [0, 0.1) is 0 Å². The minimum atomic E-state index is 0.339. The van der Waals surface area contributed by atoms with Gasteiger partial charge in [0.25, 0.3) is 0 Å². The maximum atomic E-state index is 5.86. The van der Waals surface area contributed by atoms with E-state index in [1.165, 1.54) is 0 Å². The Morgan fingerprint density at radius 3 is 3.06 bits per heavy atom. The van der Waals surface area contributed by atoms with Crippen LogP contribution in [0.4, 0.5) is 0 Å². The van der Waals surface area contributed by atoms with Crippen LogP contribution in [-0.4, -0.2) is 37.2 Å². The molecule has 4 heteroatoms. The Kier molecular flexibility index (Phi) is 4.04. The third-order valence-corrected chi connectivity index (χ3v) is 3.02. The van der Waals surface area contributed by atoms with Gasteiger partial charge in [-0.05, 0) is 31.2 Å². The van der Waals surface area contributed by atoms with Crippen molar-refractivity contribution in [3.05, 3.63) is 29.3 Å². The van der Waals surface area contributed by atoms with Crippen molar-refractivity contribution < 1.29 is 4.74 Å². The van der Waals surface area contributed by atoms with E-state index in [1.54, 1.807) is 0 Å². The highest BCUT2D eigenvalue weighted by atomic mass is 35.5. The molecule has 1 atom stereocenters. The highest BCUT2D eigenvalue weighted by molar-refractivity contribution is 6.30. The molecule has 1 heterocycles. The van der Waals surface area contributed by atoms with Gasteiger partial charge in [-0.25, -0.2) is 0 Å². The molecule has 0 saturated carbocycles. The molecule has 1 aromatic rings. The van der Waals surface area contributed by atoms with Crippen molar-refractivity contribution >= 4 is 11.6 Å². The lowest BCUT2D eigenvalue weighted by atomic mass is 10.3. The van der Waals surface area contributed by atoms with Gasteiger partial charge in [0.05, 0.1) is 0 Å². The van der Waals surface area contributed by atoms with Crippen LogP contribution in [-0.2, 0) is 0 Å². The van der Waals surface area contributed by atoms with Crippen LogP contribution in [0.3, 0.4) is 0 Å². The summed E-state index contributed by atoms with van der Waals surface area (Å²) in [7, 11) is 0. The second kappa shape index (κ2) is 5.53. The number of likely N-dealkylation sites (tertiary alicyclic amines) is 1. The quantitative estimate of drug-likeness (QED) is 0.872. The first-order chi connectivity index (χ1) is 7.74. The summed E-state index contributed by atoms with van der Waals surface area (Å²) < 4.78 is 5.62. The Balaban J connectivity index is 1.72. The average Bonchev–Trinajstić information content (AvgIpc) is 2.64. The van der Waals surface area contributed by atoms with E-state index in [0.29, 0.717) is 17.7 Å². The van der Waals surface area contributed by atoms with Crippen LogP contribution in [0.15, 0.2) is 24.3 Å². The zero-order chi connectivity index (χ0) is 11.4. The van der Waals surface area contributed by atoms with Gasteiger partial charge >= 0.3 is 0 Å². The lowest BCUT2D eigenvalue weighted by Crippen LogP contribution is -2.29. The Morgan fingerprint density at radius 1 is 1.50 bits per heavy atom. The summed E-state index contributed by atoms with van der Waals surface area (Å²) in [5.74, 6) is 0.830. The first-order valence-corrected chi connectivity index (χ1v) is 5.98. The molecule has 2 N–H and O–H groups in total. The molecule has 1 saturated heterocycles. The smallest absolute Gasteiger partial charge is 0.120 e. The van der Waals surface area contributed by atoms with Crippen molar-refractivity contribution in [2.45, 2.75) is 12.5 Å². The predicted octanol–water partition coefficient (Wildman–Crippen LogP) is 1.75. The van der Waals surface area contributed by atoms with Gasteiger partial charge in [0.2, 0.25) is 0 Å². The van der Waals surface area contributed by atoms with Gasteiger partial charge in [-0.2, -0.15) is 0 Å². The fourth-order valence-corrected chi connectivity index (χ4v) is 2.10. The van der Waals surface area contributed by atoms with E-state index in [-0.39, 0.29) is 0 Å². The van der Waals surface area contributed by atoms with Crippen molar-refractivity contribution in [1.82, 2.24) is 4.90 Å². The van der Waals surface area contributed by atoms with Gasteiger partial charge in [-0.1, -0.05) is 17.7 Å². The molecular formula is C12H17ClN2O. The Hall–Kier alpha value is -0.770. The molecule has 0 radical (unpaired) electrons. The molecule has 16 heavy (non-hydrogen) atoms. The molecule has 1 aliphatic rings. The largest absolute Gasteiger partial charge is 0.492 e. The molecule has 1 aromatic carbocycles. The molecule has 1 fully saturated rings. The van der Waals surface area contributed by atoms with E-state index in [0.717, 1.165) is 31.8 Å². The number of benzene rings is 1. The number of nitrogens with two attached hydrogens (primary N) is 1. The molecule has 0 aliphatic carbocycles. The first kappa shape index (κ1) is 11.7. The van der Waals surface area contributed by atoms with Crippen LogP contribution in [0.2, 0.25) is 5.02 Å². The lowest BCUT2D eigenvalue weighted by Gasteiger charge is -2.15. The number of nitrogens with zero attached hydrogens (tertiary/aromatic N) is 1. The lowest BCUT2D eigenvalue weighted by molar-refractivity contribution is 0.236. The fourth-order valence-electron chi connectivity index (χ4n) is 1.92. The Bertz CT molecular complexity index is 346. The molecule has 0 spiro atoms. The van der Waals surface area contributed by atoms with Crippen molar-refractivity contribution in [2.24, 2.45) is 5.73 Å². The molecule has 1 unspecified atom stereocenters. The van der Waals surface area contributed by atoms with E-state index in [2.05, 4.69) is 4.90 Å². The summed E-state index contributed by atoms with van der Waals surface area (Å²) >= 11 is 5.86. The van der Waals surface area contributed by atoms with Gasteiger partial charge in [0.1, 0.15) is 12.4 Å². The minimum absolute atomic E-state index is 0.339. The molecule has 0 amide bonds. The predicted molar refractivity (Wildman–Crippen MR) is 66.0 cm³/mol. The number of halogens is 1. The van der Waals surface area contributed by atoms with Crippen LogP contribution in [0.1, 0.15) is 6.42 Å². The summed E-state index contributed by atoms with van der Waals surface area (Å²) in [6.07, 6.45) is 1.09. The summed E-state index contributed by atoms with van der Waals surface area (Å²) in [5, 5.41) is 0.709. The highest BCUT2D eigenvalue weighted by Crippen LogP contribution is 2.17. The van der Waals surface area contributed by atoms with Crippen LogP contribution in [0.5, 0.6) is 5.75 Å². The first-order valence-electron chi connectivity index (χ1n) is 5.60. The molecule has 88 valence electrons. The molecular weight excluding hydrogens is 224 g/mol. The van der Waals surface area contributed by atoms with Crippen molar-refractivity contribution in [1.29, 1.82) is 0 Å². The standard InChI is InChI=1S/C12H17ClN2O/c13-10-2-1-3-12(8-10)16-7-6-15-5-4-11(14)9-15/h1-3,8,11H,4-7,9,14H2. The zero-order valence-corrected chi connectivity index (χ0v) is 9.99. The van der Waals surface area contributed by atoms with E-state index >= 15 is 0 Å². The van der Waals surface area contributed by atoms with Crippen molar-refractivity contribution in [2.75, 3.05) is 26.2 Å². The van der Waals surface area contributed by atoms with Gasteiger partial charge in [0.15, 0.2) is 0 Å². The zero-order valence-electron chi connectivity index (χ0n) is 9.23. The van der Waals surface area contributed by atoms with Gasteiger partial charge in [-0.3, -0.25) is 4.90 Å². The Labute approximate surface area is 101 Å². The maximum Gasteiger partial charge on any atom is 0.120 e. The van der Waals surface area contributed by atoms with Crippen LogP contribution >= 0.6 is 11.6 Å². The SMILES string of the molecule is NC1CCN(CCOc2cccc(Cl)c2)C1. The normalized spacial score (nSPS) is 21.2. The third-order valence-electron chi connectivity index (χ3n) is 2.78. The summed E-state index contributed by atoms with van der Waals surface area (Å²) in [5.41, 5.74) is 5.83. The topological polar surface area (TPSA) is 38.5 Å². The van der Waals surface area contributed by atoms with Crippen LogP contribution in [0.25, 0.3) is 0 Å². The second-order valence-electron chi connectivity index (χ2n) is 4.16. The van der Waals surface area contributed by atoms with E-state index in [4.69, 9.17) is 22.1 Å². The summed E-state index contributed by atoms with van der Waals surface area (Å²) in [6.45, 7) is 3.69. The summed E-state index contributed by atoms with van der Waals surface area (Å²) in [6, 6.07) is 7.82. The van der Waals surface area contributed by atoms with E-state index in [9.17, 15) is 0 Å². The van der Waals surface area contributed by atoms with E-state index < -0.39 is 0 Å².